The highest BCUT2D eigenvalue weighted by Gasteiger charge is 2.42. The quantitative estimate of drug-likeness (QED) is 0.566. The molecule has 2 aliphatic rings. The van der Waals surface area contributed by atoms with Crippen molar-refractivity contribution in [2.45, 2.75) is 38.0 Å². The number of pyridine rings is 1. The van der Waals surface area contributed by atoms with Crippen molar-refractivity contribution in [2.24, 2.45) is 0 Å². The van der Waals surface area contributed by atoms with E-state index in [9.17, 15) is 0 Å². The van der Waals surface area contributed by atoms with Crippen molar-refractivity contribution >= 4 is 17.3 Å². The number of rotatable bonds is 6. The molecule has 166 valence electrons. The van der Waals surface area contributed by atoms with E-state index in [0.29, 0.717) is 0 Å². The predicted molar refractivity (Wildman–Crippen MR) is 128 cm³/mol. The molecule has 0 radical (unpaired) electrons. The van der Waals surface area contributed by atoms with Gasteiger partial charge in [-0.3, -0.25) is 4.98 Å². The molecule has 6 nitrogen and oxygen atoms in total. The number of nitrogens with one attached hydrogen (secondary N) is 1. The van der Waals surface area contributed by atoms with Crippen LogP contribution in [0.25, 0.3) is 5.69 Å². The van der Waals surface area contributed by atoms with Gasteiger partial charge in [-0.15, -0.1) is 0 Å². The van der Waals surface area contributed by atoms with Crippen LogP contribution in [-0.2, 0) is 4.74 Å². The van der Waals surface area contributed by atoms with Crippen molar-refractivity contribution in [3.8, 4) is 11.4 Å². The average molecular weight is 449 g/mol. The number of thiocarbonyl (C=S) groups is 1. The summed E-state index contributed by atoms with van der Waals surface area (Å²) in [6.45, 7) is 3.73. The van der Waals surface area contributed by atoms with E-state index in [1.165, 1.54) is 11.4 Å². The first-order valence-electron chi connectivity index (χ1n) is 11.1. The number of aromatic nitrogens is 2. The first kappa shape index (κ1) is 21.0. The molecule has 0 amide bonds. The molecule has 1 N–H and O–H groups in total. The third kappa shape index (κ3) is 3.87. The van der Waals surface area contributed by atoms with Gasteiger partial charge < -0.3 is 24.3 Å². The van der Waals surface area contributed by atoms with Gasteiger partial charge >= 0.3 is 0 Å². The number of hydrogen-bond donors (Lipinski definition) is 1. The molecule has 0 spiro atoms. The molecule has 1 aromatic carbocycles. The molecule has 0 aliphatic carbocycles. The molecule has 2 fully saturated rings. The van der Waals surface area contributed by atoms with Crippen molar-refractivity contribution in [3.05, 3.63) is 77.9 Å². The highest BCUT2D eigenvalue weighted by atomic mass is 32.1. The third-order valence-corrected chi connectivity index (χ3v) is 6.71. The van der Waals surface area contributed by atoms with Gasteiger partial charge in [0.05, 0.1) is 31.0 Å². The van der Waals surface area contributed by atoms with Gasteiger partial charge in [0.1, 0.15) is 5.75 Å². The molecule has 7 heteroatoms. The molecular formula is C25H28N4O2S. The monoisotopic (exact) mass is 448 g/mol. The van der Waals surface area contributed by atoms with Crippen LogP contribution in [-0.4, -0.2) is 45.9 Å². The molecule has 2 aromatic heterocycles. The fourth-order valence-electron chi connectivity index (χ4n) is 4.80. The first-order valence-corrected chi connectivity index (χ1v) is 11.5. The van der Waals surface area contributed by atoms with Crippen molar-refractivity contribution in [1.29, 1.82) is 0 Å². The van der Waals surface area contributed by atoms with Crippen LogP contribution >= 0.6 is 12.2 Å². The van der Waals surface area contributed by atoms with E-state index < -0.39 is 0 Å². The number of nitrogens with zero attached hydrogens (tertiary/aromatic N) is 3. The summed E-state index contributed by atoms with van der Waals surface area (Å²) >= 11 is 5.83. The Morgan fingerprint density at radius 2 is 2.00 bits per heavy atom. The van der Waals surface area contributed by atoms with Gasteiger partial charge in [-0.1, -0.05) is 6.07 Å². The standard InChI is InChI=1S/C25H28N4O2S/c1-17-8-13-22(29(17)18-9-11-19(30-2)12-10-18)24-23(21-7-3-4-14-26-21)27-25(32)28(24)16-20-6-5-15-31-20/h3-4,7-14,20,23-24H,5-6,15-16H2,1-2H3,(H,27,32)/t20-,23+,24-/m1/s1. The topological polar surface area (TPSA) is 51.5 Å². The number of benzene rings is 1. The van der Waals surface area contributed by atoms with Crippen molar-refractivity contribution in [3.63, 3.8) is 0 Å². The molecule has 2 aliphatic heterocycles. The van der Waals surface area contributed by atoms with Gasteiger partial charge in [-0.05, 0) is 80.5 Å². The zero-order chi connectivity index (χ0) is 22.1. The van der Waals surface area contributed by atoms with Crippen LogP contribution in [0.4, 0.5) is 0 Å². The van der Waals surface area contributed by atoms with Crippen LogP contribution in [0.2, 0.25) is 0 Å². The van der Waals surface area contributed by atoms with Gasteiger partial charge in [-0.2, -0.15) is 0 Å². The third-order valence-electron chi connectivity index (χ3n) is 6.36. The Morgan fingerprint density at radius 1 is 1.16 bits per heavy atom. The molecule has 2 saturated heterocycles. The van der Waals surface area contributed by atoms with Crippen LogP contribution in [0.15, 0.2) is 60.8 Å². The fourth-order valence-corrected chi connectivity index (χ4v) is 5.12. The maximum absolute atomic E-state index is 5.97. The SMILES string of the molecule is COc1ccc(-n2c(C)ccc2[C@@H]2[C@H](c3ccccn3)NC(=S)N2C[C@H]2CCCO2)cc1. The summed E-state index contributed by atoms with van der Waals surface area (Å²) in [5, 5.41) is 4.31. The molecule has 4 heterocycles. The van der Waals surface area contributed by atoms with Gasteiger partial charge in [0.25, 0.3) is 0 Å². The van der Waals surface area contributed by atoms with E-state index in [4.69, 9.17) is 21.7 Å². The highest BCUT2D eigenvalue weighted by Crippen LogP contribution is 2.40. The Morgan fingerprint density at radius 3 is 2.69 bits per heavy atom. The van der Waals surface area contributed by atoms with E-state index in [-0.39, 0.29) is 18.2 Å². The first-order chi connectivity index (χ1) is 15.7. The maximum atomic E-state index is 5.97. The lowest BCUT2D eigenvalue weighted by molar-refractivity contribution is 0.0836. The molecule has 0 unspecified atom stereocenters. The molecule has 0 saturated carbocycles. The van der Waals surface area contributed by atoms with Crippen LogP contribution in [0.3, 0.4) is 0 Å². The molecule has 3 atom stereocenters. The summed E-state index contributed by atoms with van der Waals surface area (Å²) in [7, 11) is 1.69. The lowest BCUT2D eigenvalue weighted by Gasteiger charge is -2.31. The number of ether oxygens (including phenoxy) is 2. The summed E-state index contributed by atoms with van der Waals surface area (Å²) in [5.74, 6) is 0.843. The van der Waals surface area contributed by atoms with Crippen molar-refractivity contribution < 1.29 is 9.47 Å². The molecule has 32 heavy (non-hydrogen) atoms. The van der Waals surface area contributed by atoms with Crippen LogP contribution in [0.1, 0.15) is 42.0 Å². The molecular weight excluding hydrogens is 420 g/mol. The largest absolute Gasteiger partial charge is 0.497 e. The smallest absolute Gasteiger partial charge is 0.170 e. The van der Waals surface area contributed by atoms with Gasteiger partial charge in [0.2, 0.25) is 0 Å². The van der Waals surface area contributed by atoms with Crippen LogP contribution in [0.5, 0.6) is 5.75 Å². The Hall–Kier alpha value is -2.90. The van der Waals surface area contributed by atoms with Crippen LogP contribution in [0, 0.1) is 6.92 Å². The van der Waals surface area contributed by atoms with Crippen molar-refractivity contribution in [1.82, 2.24) is 19.8 Å². The fraction of sp³-hybridized carbons (Fsp3) is 0.360. The minimum absolute atomic E-state index is 0.00241. The highest BCUT2D eigenvalue weighted by molar-refractivity contribution is 7.80. The lowest BCUT2D eigenvalue weighted by Crippen LogP contribution is -2.36. The summed E-state index contributed by atoms with van der Waals surface area (Å²) in [5.41, 5.74) is 4.42. The number of aryl methyl sites for hydroxylation is 1. The molecule has 3 aromatic rings. The second kappa shape index (κ2) is 8.92. The predicted octanol–water partition coefficient (Wildman–Crippen LogP) is 4.34. The zero-order valence-electron chi connectivity index (χ0n) is 18.4. The summed E-state index contributed by atoms with van der Waals surface area (Å²) in [4.78, 5) is 6.95. The van der Waals surface area contributed by atoms with Crippen LogP contribution < -0.4 is 10.1 Å². The second-order valence-corrected chi connectivity index (χ2v) is 8.73. The second-order valence-electron chi connectivity index (χ2n) is 8.35. The van der Waals surface area contributed by atoms with E-state index in [1.807, 2.05) is 30.5 Å². The summed E-state index contributed by atoms with van der Waals surface area (Å²) < 4.78 is 13.6. The zero-order valence-corrected chi connectivity index (χ0v) is 19.2. The number of hydrogen-bond acceptors (Lipinski definition) is 4. The Balaban J connectivity index is 1.58. The molecule has 5 rings (SSSR count). The Labute approximate surface area is 194 Å². The normalized spacial score (nSPS) is 22.9. The van der Waals surface area contributed by atoms with E-state index in [0.717, 1.165) is 48.2 Å². The minimum Gasteiger partial charge on any atom is -0.497 e. The van der Waals surface area contributed by atoms with E-state index in [2.05, 4.69) is 57.0 Å². The molecule has 0 bridgehead atoms. The summed E-state index contributed by atoms with van der Waals surface area (Å²) in [6.07, 6.45) is 4.21. The average Bonchev–Trinajstić information content (AvgIpc) is 3.55. The van der Waals surface area contributed by atoms with Gasteiger partial charge in [0, 0.05) is 36.4 Å². The van der Waals surface area contributed by atoms with Gasteiger partial charge in [-0.25, -0.2) is 0 Å². The number of methoxy groups -OCH3 is 1. The Kier molecular flexibility index (Phi) is 5.85. The Bertz CT molecular complexity index is 1080. The maximum Gasteiger partial charge on any atom is 0.170 e. The summed E-state index contributed by atoms with van der Waals surface area (Å²) in [6, 6.07) is 18.5. The van der Waals surface area contributed by atoms with E-state index >= 15 is 0 Å². The van der Waals surface area contributed by atoms with E-state index in [1.54, 1.807) is 7.11 Å². The lowest BCUT2D eigenvalue weighted by atomic mass is 10.0. The minimum atomic E-state index is -0.0450. The van der Waals surface area contributed by atoms with Gasteiger partial charge in [0.15, 0.2) is 5.11 Å². The van der Waals surface area contributed by atoms with Crippen molar-refractivity contribution in [2.75, 3.05) is 20.3 Å².